The van der Waals surface area contributed by atoms with E-state index in [4.69, 9.17) is 4.74 Å². The Balaban J connectivity index is 1.33. The molecule has 1 N–H and O–H groups in total. The van der Waals surface area contributed by atoms with Gasteiger partial charge < -0.3 is 15.0 Å². The van der Waals surface area contributed by atoms with Gasteiger partial charge in [-0.1, -0.05) is 31.0 Å². The Morgan fingerprint density at radius 3 is 2.40 bits per heavy atom. The van der Waals surface area contributed by atoms with Gasteiger partial charge in [-0.05, 0) is 25.0 Å². The summed E-state index contributed by atoms with van der Waals surface area (Å²) in [7, 11) is 0. The van der Waals surface area contributed by atoms with Gasteiger partial charge in [0.15, 0.2) is 6.61 Å². The normalized spacial score (nSPS) is 19.0. The number of para-hydroxylation sites is 1. The van der Waals surface area contributed by atoms with Crippen molar-refractivity contribution in [1.82, 2.24) is 15.1 Å². The lowest BCUT2D eigenvalue weighted by atomic mass is 10.2. The van der Waals surface area contributed by atoms with Crippen molar-refractivity contribution in [1.29, 1.82) is 0 Å². The summed E-state index contributed by atoms with van der Waals surface area (Å²) in [5.74, 6) is 0.355. The zero-order valence-electron chi connectivity index (χ0n) is 14.7. The number of hydrogen-bond donors (Lipinski definition) is 1. The van der Waals surface area contributed by atoms with Crippen LogP contribution in [0.25, 0.3) is 0 Å². The Hall–Kier alpha value is -2.08. The van der Waals surface area contributed by atoms with E-state index in [9.17, 15) is 9.59 Å². The molecule has 1 saturated carbocycles. The zero-order chi connectivity index (χ0) is 17.5. The van der Waals surface area contributed by atoms with Crippen LogP contribution in [0.5, 0.6) is 5.75 Å². The second-order valence-corrected chi connectivity index (χ2v) is 6.73. The molecule has 2 amide bonds. The van der Waals surface area contributed by atoms with Crippen LogP contribution in [0, 0.1) is 0 Å². The van der Waals surface area contributed by atoms with Crippen LogP contribution in [0.3, 0.4) is 0 Å². The maximum atomic E-state index is 12.3. The second-order valence-electron chi connectivity index (χ2n) is 6.73. The van der Waals surface area contributed by atoms with E-state index in [0.29, 0.717) is 11.8 Å². The first kappa shape index (κ1) is 17.7. The van der Waals surface area contributed by atoms with Gasteiger partial charge in [-0.3, -0.25) is 14.5 Å². The van der Waals surface area contributed by atoms with Crippen LogP contribution >= 0.6 is 0 Å². The zero-order valence-corrected chi connectivity index (χ0v) is 14.7. The number of piperazine rings is 1. The van der Waals surface area contributed by atoms with Crippen LogP contribution in [-0.2, 0) is 9.59 Å². The highest BCUT2D eigenvalue weighted by Crippen LogP contribution is 2.24. The van der Waals surface area contributed by atoms with E-state index >= 15 is 0 Å². The molecule has 136 valence electrons. The van der Waals surface area contributed by atoms with Gasteiger partial charge in [0.25, 0.3) is 5.91 Å². The molecular weight excluding hydrogens is 318 g/mol. The van der Waals surface area contributed by atoms with Crippen LogP contribution in [0.4, 0.5) is 0 Å². The number of rotatable bonds is 6. The van der Waals surface area contributed by atoms with Crippen LogP contribution in [0.1, 0.15) is 25.7 Å². The van der Waals surface area contributed by atoms with Crippen molar-refractivity contribution in [3.05, 3.63) is 30.3 Å². The molecule has 1 heterocycles. The second kappa shape index (κ2) is 8.85. The molecule has 0 bridgehead atoms. The molecule has 1 aliphatic carbocycles. The van der Waals surface area contributed by atoms with Crippen molar-refractivity contribution in [2.75, 3.05) is 39.3 Å². The summed E-state index contributed by atoms with van der Waals surface area (Å²) in [6.45, 7) is 3.37. The molecule has 3 rings (SSSR count). The predicted octanol–water partition coefficient (Wildman–Crippen LogP) is 1.27. The molecule has 0 spiro atoms. The maximum absolute atomic E-state index is 12.3. The number of ether oxygens (including phenoxy) is 1. The van der Waals surface area contributed by atoms with E-state index < -0.39 is 0 Å². The minimum atomic E-state index is -0.276. The molecule has 1 aliphatic heterocycles. The lowest BCUT2D eigenvalue weighted by molar-refractivity contribution is -0.135. The molecule has 2 aliphatic rings. The van der Waals surface area contributed by atoms with Crippen LogP contribution < -0.4 is 10.1 Å². The molecule has 6 heteroatoms. The van der Waals surface area contributed by atoms with Gasteiger partial charge in [-0.25, -0.2) is 0 Å². The van der Waals surface area contributed by atoms with Crippen LogP contribution in [0.15, 0.2) is 30.3 Å². The Bertz CT molecular complexity index is 565. The Morgan fingerprint density at radius 1 is 1.04 bits per heavy atom. The minimum absolute atomic E-state index is 0.0147. The third-order valence-corrected chi connectivity index (χ3v) is 5.06. The number of benzene rings is 1. The Morgan fingerprint density at radius 2 is 1.72 bits per heavy atom. The van der Waals surface area contributed by atoms with E-state index in [0.717, 1.165) is 26.2 Å². The average molecular weight is 345 g/mol. The smallest absolute Gasteiger partial charge is 0.258 e. The van der Waals surface area contributed by atoms with Gasteiger partial charge >= 0.3 is 0 Å². The largest absolute Gasteiger partial charge is 0.484 e. The summed E-state index contributed by atoms with van der Waals surface area (Å²) in [4.78, 5) is 28.4. The number of nitrogens with one attached hydrogen (secondary N) is 1. The first-order valence-electron chi connectivity index (χ1n) is 9.19. The van der Waals surface area contributed by atoms with Gasteiger partial charge in [0.2, 0.25) is 5.91 Å². The first-order valence-corrected chi connectivity index (χ1v) is 9.19. The number of carbonyl (C=O) groups is 2. The average Bonchev–Trinajstić information content (AvgIpc) is 3.20. The standard InChI is InChI=1S/C19H27N3O3/c23-18(15-25-17-8-2-1-3-9-17)20-14-19(24)22-12-10-21(11-13-22)16-6-4-5-7-16/h1-3,8-9,16H,4-7,10-15H2,(H,20,23). The van der Waals surface area contributed by atoms with Crippen LogP contribution in [-0.4, -0.2) is 67.0 Å². The van der Waals surface area contributed by atoms with Crippen LogP contribution in [0.2, 0.25) is 0 Å². The fraction of sp³-hybridized carbons (Fsp3) is 0.579. The maximum Gasteiger partial charge on any atom is 0.258 e. The van der Waals surface area contributed by atoms with Crippen molar-refractivity contribution >= 4 is 11.8 Å². The van der Waals surface area contributed by atoms with Crippen molar-refractivity contribution in [3.8, 4) is 5.75 Å². The molecular formula is C19H27N3O3. The Labute approximate surface area is 149 Å². The number of hydrogen-bond acceptors (Lipinski definition) is 4. The van der Waals surface area contributed by atoms with Gasteiger partial charge in [0, 0.05) is 32.2 Å². The summed E-state index contributed by atoms with van der Waals surface area (Å²) >= 11 is 0. The lowest BCUT2D eigenvalue weighted by Crippen LogP contribution is -2.53. The molecule has 2 fully saturated rings. The van der Waals surface area contributed by atoms with Gasteiger partial charge in [0.05, 0.1) is 6.54 Å². The van der Waals surface area contributed by atoms with Crippen molar-refractivity contribution in [3.63, 3.8) is 0 Å². The quantitative estimate of drug-likeness (QED) is 0.843. The highest BCUT2D eigenvalue weighted by Gasteiger charge is 2.27. The lowest BCUT2D eigenvalue weighted by Gasteiger charge is -2.38. The topological polar surface area (TPSA) is 61.9 Å². The Kier molecular flexibility index (Phi) is 6.28. The highest BCUT2D eigenvalue weighted by atomic mass is 16.5. The molecule has 1 aromatic rings. The van der Waals surface area contributed by atoms with Crippen molar-refractivity contribution in [2.24, 2.45) is 0 Å². The van der Waals surface area contributed by atoms with Crippen molar-refractivity contribution in [2.45, 2.75) is 31.7 Å². The van der Waals surface area contributed by atoms with E-state index in [1.54, 1.807) is 12.1 Å². The molecule has 0 aromatic heterocycles. The summed E-state index contributed by atoms with van der Waals surface area (Å²) in [6, 6.07) is 9.89. The molecule has 0 atom stereocenters. The summed E-state index contributed by atoms with van der Waals surface area (Å²) in [5.41, 5.74) is 0. The SMILES string of the molecule is O=C(COc1ccccc1)NCC(=O)N1CCN(C2CCCC2)CC1. The van der Waals surface area contributed by atoms with E-state index in [-0.39, 0.29) is 25.0 Å². The monoisotopic (exact) mass is 345 g/mol. The molecule has 0 unspecified atom stereocenters. The number of nitrogens with zero attached hydrogens (tertiary/aromatic N) is 2. The molecule has 6 nitrogen and oxygen atoms in total. The van der Waals surface area contributed by atoms with E-state index in [2.05, 4.69) is 10.2 Å². The fourth-order valence-corrected chi connectivity index (χ4v) is 3.61. The van der Waals surface area contributed by atoms with Crippen molar-refractivity contribution < 1.29 is 14.3 Å². The third kappa shape index (κ3) is 5.19. The summed E-state index contributed by atoms with van der Waals surface area (Å²) in [5, 5.41) is 2.65. The molecule has 1 saturated heterocycles. The van der Waals surface area contributed by atoms with Gasteiger partial charge in [-0.2, -0.15) is 0 Å². The minimum Gasteiger partial charge on any atom is -0.484 e. The third-order valence-electron chi connectivity index (χ3n) is 5.06. The molecule has 25 heavy (non-hydrogen) atoms. The predicted molar refractivity (Wildman–Crippen MR) is 95.4 cm³/mol. The molecule has 1 aromatic carbocycles. The summed E-state index contributed by atoms with van der Waals surface area (Å²) < 4.78 is 5.37. The highest BCUT2D eigenvalue weighted by molar-refractivity contribution is 5.85. The number of amides is 2. The van der Waals surface area contributed by atoms with E-state index in [1.807, 2.05) is 23.1 Å². The summed E-state index contributed by atoms with van der Waals surface area (Å²) in [6.07, 6.45) is 5.26. The fourth-order valence-electron chi connectivity index (χ4n) is 3.61. The molecule has 0 radical (unpaired) electrons. The van der Waals surface area contributed by atoms with E-state index in [1.165, 1.54) is 25.7 Å². The van der Waals surface area contributed by atoms with Gasteiger partial charge in [-0.15, -0.1) is 0 Å². The number of carbonyl (C=O) groups excluding carboxylic acids is 2. The van der Waals surface area contributed by atoms with Gasteiger partial charge in [0.1, 0.15) is 5.75 Å². The first-order chi connectivity index (χ1) is 12.2.